The zero-order chi connectivity index (χ0) is 24.7. The molecule has 3 rings (SSSR count). The molecule has 10 heteroatoms. The predicted molar refractivity (Wildman–Crippen MR) is 132 cm³/mol. The number of halogens is 1. The number of thiazole rings is 1. The SMILES string of the molecule is CC[C@H](C)C(N)C(=O)OCn1ccsc1=NC(=O)c1ccc(NC(=O)CC2CCCC2)c(Cl)c1. The second kappa shape index (κ2) is 12.3. The first-order valence-electron chi connectivity index (χ1n) is 11.5. The van der Waals surface area contributed by atoms with E-state index in [2.05, 4.69) is 10.3 Å². The van der Waals surface area contributed by atoms with Crippen molar-refractivity contribution in [3.05, 3.63) is 45.2 Å². The number of ether oxygens (including phenoxy) is 1. The molecule has 1 unspecified atom stereocenters. The van der Waals surface area contributed by atoms with E-state index in [0.29, 0.717) is 22.8 Å². The van der Waals surface area contributed by atoms with Gasteiger partial charge in [0.1, 0.15) is 6.04 Å². The van der Waals surface area contributed by atoms with Crippen molar-refractivity contribution in [3.63, 3.8) is 0 Å². The highest BCUT2D eigenvalue weighted by atomic mass is 35.5. The number of hydrogen-bond acceptors (Lipinski definition) is 6. The van der Waals surface area contributed by atoms with Gasteiger partial charge in [-0.2, -0.15) is 4.99 Å². The molecule has 0 spiro atoms. The number of carbonyl (C=O) groups excluding carboxylic acids is 3. The zero-order valence-electron chi connectivity index (χ0n) is 19.5. The highest BCUT2D eigenvalue weighted by Crippen LogP contribution is 2.29. The van der Waals surface area contributed by atoms with Crippen molar-refractivity contribution in [1.82, 2.24) is 4.57 Å². The van der Waals surface area contributed by atoms with Crippen LogP contribution >= 0.6 is 22.9 Å². The number of amides is 2. The summed E-state index contributed by atoms with van der Waals surface area (Å²) >= 11 is 7.56. The second-order valence-corrected chi connectivity index (χ2v) is 9.95. The molecule has 8 nitrogen and oxygen atoms in total. The lowest BCUT2D eigenvalue weighted by Crippen LogP contribution is -2.38. The Labute approximate surface area is 208 Å². The molecule has 184 valence electrons. The topological polar surface area (TPSA) is 116 Å². The molecular weight excluding hydrogens is 476 g/mol. The van der Waals surface area contributed by atoms with Gasteiger partial charge in [0.05, 0.1) is 10.7 Å². The van der Waals surface area contributed by atoms with Gasteiger partial charge in [0.15, 0.2) is 11.5 Å². The monoisotopic (exact) mass is 506 g/mol. The zero-order valence-corrected chi connectivity index (χ0v) is 21.0. The van der Waals surface area contributed by atoms with Crippen LogP contribution in [-0.2, 0) is 21.1 Å². The van der Waals surface area contributed by atoms with Crippen molar-refractivity contribution in [1.29, 1.82) is 0 Å². The third-order valence-electron chi connectivity index (χ3n) is 6.17. The average Bonchev–Trinajstić information content (AvgIpc) is 3.49. The molecule has 1 aliphatic rings. The van der Waals surface area contributed by atoms with Gasteiger partial charge in [-0.25, -0.2) is 0 Å². The van der Waals surface area contributed by atoms with Crippen LogP contribution in [0.15, 0.2) is 34.8 Å². The van der Waals surface area contributed by atoms with E-state index in [0.717, 1.165) is 19.3 Å². The largest absolute Gasteiger partial charge is 0.443 e. The minimum Gasteiger partial charge on any atom is -0.443 e. The number of aromatic nitrogens is 1. The molecule has 1 saturated carbocycles. The number of nitrogens with zero attached hydrogens (tertiary/aromatic N) is 2. The second-order valence-electron chi connectivity index (χ2n) is 8.67. The lowest BCUT2D eigenvalue weighted by atomic mass is 10.0. The van der Waals surface area contributed by atoms with Crippen molar-refractivity contribution in [2.45, 2.75) is 65.1 Å². The summed E-state index contributed by atoms with van der Waals surface area (Å²) in [6, 6.07) is 3.97. The van der Waals surface area contributed by atoms with Gasteiger partial charge < -0.3 is 15.8 Å². The molecule has 1 aromatic carbocycles. The molecule has 2 atom stereocenters. The van der Waals surface area contributed by atoms with Gasteiger partial charge in [-0.1, -0.05) is 44.7 Å². The van der Waals surface area contributed by atoms with Crippen molar-refractivity contribution in [2.75, 3.05) is 5.32 Å². The molecular formula is C24H31ClN4O4S. The number of esters is 1. The summed E-state index contributed by atoms with van der Waals surface area (Å²) in [5.41, 5.74) is 6.66. The third-order valence-corrected chi connectivity index (χ3v) is 7.28. The summed E-state index contributed by atoms with van der Waals surface area (Å²) in [5.74, 6) is -0.626. The molecule has 1 heterocycles. The number of benzene rings is 1. The van der Waals surface area contributed by atoms with E-state index in [1.807, 2.05) is 13.8 Å². The minimum atomic E-state index is -0.703. The molecule has 3 N–H and O–H groups in total. The van der Waals surface area contributed by atoms with E-state index in [1.165, 1.54) is 30.2 Å². The van der Waals surface area contributed by atoms with Gasteiger partial charge in [0.25, 0.3) is 5.91 Å². The maximum atomic E-state index is 12.7. The van der Waals surface area contributed by atoms with Crippen LogP contribution in [0, 0.1) is 11.8 Å². The summed E-state index contributed by atoms with van der Waals surface area (Å²) in [5, 5.41) is 4.84. The van der Waals surface area contributed by atoms with Crippen LogP contribution in [0.1, 0.15) is 62.7 Å². The summed E-state index contributed by atoms with van der Waals surface area (Å²) in [7, 11) is 0. The van der Waals surface area contributed by atoms with Gasteiger partial charge in [-0.05, 0) is 42.9 Å². The molecule has 0 radical (unpaired) electrons. The summed E-state index contributed by atoms with van der Waals surface area (Å²) in [6.45, 7) is 3.75. The number of hydrogen-bond donors (Lipinski definition) is 2. The van der Waals surface area contributed by atoms with E-state index < -0.39 is 17.9 Å². The standard InChI is InChI=1S/C24H31ClN4O4S/c1-3-15(2)21(26)23(32)33-14-29-10-11-34-24(29)28-22(31)17-8-9-19(18(25)13-17)27-20(30)12-16-6-4-5-7-16/h8-11,13,15-16,21H,3-7,12,14,26H2,1-2H3,(H,27,30)/t15-,21?/m0/s1. The molecule has 0 bridgehead atoms. The summed E-state index contributed by atoms with van der Waals surface area (Å²) < 4.78 is 6.85. The summed E-state index contributed by atoms with van der Waals surface area (Å²) in [6.07, 6.45) is 7.45. The van der Waals surface area contributed by atoms with Gasteiger partial charge >= 0.3 is 5.97 Å². The summed E-state index contributed by atoms with van der Waals surface area (Å²) in [4.78, 5) is 41.7. The molecule has 1 fully saturated rings. The first-order valence-corrected chi connectivity index (χ1v) is 12.8. The first kappa shape index (κ1) is 26.1. The Kier molecular flexibility index (Phi) is 9.44. The smallest absolute Gasteiger partial charge is 0.324 e. The van der Waals surface area contributed by atoms with E-state index in [-0.39, 0.29) is 29.1 Å². The number of nitrogens with two attached hydrogens (primary N) is 1. The number of carbonyl (C=O) groups is 3. The quantitative estimate of drug-likeness (QED) is 0.491. The van der Waals surface area contributed by atoms with Gasteiger partial charge in [-0.15, -0.1) is 11.3 Å². The van der Waals surface area contributed by atoms with Crippen molar-refractivity contribution >= 4 is 46.4 Å². The van der Waals surface area contributed by atoms with E-state index in [9.17, 15) is 14.4 Å². The lowest BCUT2D eigenvalue weighted by molar-refractivity contribution is -0.150. The van der Waals surface area contributed by atoms with Crippen molar-refractivity contribution in [2.24, 2.45) is 22.6 Å². The highest BCUT2D eigenvalue weighted by Gasteiger charge is 2.21. The van der Waals surface area contributed by atoms with Crippen LogP contribution in [0.4, 0.5) is 5.69 Å². The van der Waals surface area contributed by atoms with Crippen LogP contribution in [-0.4, -0.2) is 28.4 Å². The molecule has 2 aromatic rings. The third kappa shape index (κ3) is 7.01. The Bertz CT molecular complexity index is 1090. The van der Waals surface area contributed by atoms with Crippen LogP contribution in [0.25, 0.3) is 0 Å². The Morgan fingerprint density at radius 2 is 2.06 bits per heavy atom. The number of anilines is 1. The van der Waals surface area contributed by atoms with E-state index in [4.69, 9.17) is 22.1 Å². The molecule has 2 amide bonds. The molecule has 1 aliphatic carbocycles. The van der Waals surface area contributed by atoms with Gasteiger partial charge in [0, 0.05) is 23.6 Å². The predicted octanol–water partition coefficient (Wildman–Crippen LogP) is 4.34. The molecule has 1 aromatic heterocycles. The molecule has 34 heavy (non-hydrogen) atoms. The van der Waals surface area contributed by atoms with Gasteiger partial charge in [-0.3, -0.25) is 19.0 Å². The minimum absolute atomic E-state index is 0.00548. The fourth-order valence-electron chi connectivity index (χ4n) is 3.78. The number of nitrogens with one attached hydrogen (secondary N) is 1. The highest BCUT2D eigenvalue weighted by molar-refractivity contribution is 7.07. The van der Waals surface area contributed by atoms with Crippen molar-refractivity contribution in [3.8, 4) is 0 Å². The fourth-order valence-corrected chi connectivity index (χ4v) is 4.72. The Hall–Kier alpha value is -2.49. The molecule has 0 aliphatic heterocycles. The Morgan fingerprint density at radius 3 is 2.74 bits per heavy atom. The lowest BCUT2D eigenvalue weighted by Gasteiger charge is -2.16. The average molecular weight is 507 g/mol. The van der Waals surface area contributed by atoms with Crippen LogP contribution in [0.3, 0.4) is 0 Å². The normalized spacial score (nSPS) is 16.3. The van der Waals surface area contributed by atoms with E-state index in [1.54, 1.807) is 28.3 Å². The Morgan fingerprint density at radius 1 is 1.32 bits per heavy atom. The maximum absolute atomic E-state index is 12.7. The van der Waals surface area contributed by atoms with Crippen LogP contribution < -0.4 is 15.9 Å². The van der Waals surface area contributed by atoms with E-state index >= 15 is 0 Å². The van der Waals surface area contributed by atoms with Crippen molar-refractivity contribution < 1.29 is 19.1 Å². The first-order chi connectivity index (χ1) is 16.3. The van der Waals surface area contributed by atoms with Crippen LogP contribution in [0.5, 0.6) is 0 Å². The molecule has 0 saturated heterocycles. The maximum Gasteiger partial charge on any atom is 0.324 e. The van der Waals surface area contributed by atoms with Crippen LogP contribution in [0.2, 0.25) is 5.02 Å². The fraction of sp³-hybridized carbons (Fsp3) is 0.500. The Balaban J connectivity index is 1.63. The number of rotatable bonds is 9. The van der Waals surface area contributed by atoms with Gasteiger partial charge in [0.2, 0.25) is 5.91 Å².